The highest BCUT2D eigenvalue weighted by Crippen LogP contribution is 2.35. The molecule has 4 nitrogen and oxygen atoms in total. The maximum Gasteiger partial charge on any atom is 0.169 e. The van der Waals surface area contributed by atoms with Gasteiger partial charge in [-0.15, -0.1) is 0 Å². The van der Waals surface area contributed by atoms with Gasteiger partial charge in [0.15, 0.2) is 5.78 Å². The number of ketones is 1. The lowest BCUT2D eigenvalue weighted by molar-refractivity contribution is 0.0968. The van der Waals surface area contributed by atoms with E-state index in [0.29, 0.717) is 10.7 Å². The van der Waals surface area contributed by atoms with Crippen LogP contribution in [-0.2, 0) is 0 Å². The van der Waals surface area contributed by atoms with Gasteiger partial charge in [0.25, 0.3) is 0 Å². The lowest BCUT2D eigenvalue weighted by atomic mass is 10.1. The second kappa shape index (κ2) is 5.10. The number of hydrogen-bond acceptors (Lipinski definition) is 4. The molecule has 102 valence electrons. The van der Waals surface area contributed by atoms with Gasteiger partial charge in [0.2, 0.25) is 0 Å². The number of halogens is 1. The van der Waals surface area contributed by atoms with E-state index in [2.05, 4.69) is 10.3 Å². The quantitative estimate of drug-likeness (QED) is 0.657. The van der Waals surface area contributed by atoms with Crippen LogP contribution in [0.2, 0.25) is 5.15 Å². The molecule has 5 heteroatoms. The van der Waals surface area contributed by atoms with Gasteiger partial charge in [-0.05, 0) is 38.2 Å². The maximum absolute atomic E-state index is 12.2. The van der Waals surface area contributed by atoms with Gasteiger partial charge in [0, 0.05) is 23.8 Å². The fourth-order valence-electron chi connectivity index (χ4n) is 2.62. The van der Waals surface area contributed by atoms with Crippen molar-refractivity contribution in [2.24, 2.45) is 5.92 Å². The van der Waals surface area contributed by atoms with Gasteiger partial charge in [-0.25, -0.2) is 4.98 Å². The molecule has 0 radical (unpaired) electrons. The summed E-state index contributed by atoms with van der Waals surface area (Å²) in [7, 11) is 0. The number of nitrogens with one attached hydrogen (secondary N) is 1. The van der Waals surface area contributed by atoms with Crippen LogP contribution in [0.3, 0.4) is 0 Å². The molecule has 0 amide bonds. The number of aromatic nitrogens is 1. The van der Waals surface area contributed by atoms with Crippen molar-refractivity contribution in [1.29, 1.82) is 0 Å². The Morgan fingerprint density at radius 3 is 2.79 bits per heavy atom. The number of nitrogens with zero attached hydrogens (tertiary/aromatic N) is 1. The monoisotopic (exact) mass is 280 g/mol. The van der Waals surface area contributed by atoms with E-state index in [0.717, 1.165) is 37.8 Å². The number of aliphatic hydroxyl groups excluding tert-OH is 1. The summed E-state index contributed by atoms with van der Waals surface area (Å²) < 4.78 is 0. The number of rotatable bonds is 4. The first-order valence-electron chi connectivity index (χ1n) is 6.78. The van der Waals surface area contributed by atoms with Gasteiger partial charge in [-0.2, -0.15) is 0 Å². The van der Waals surface area contributed by atoms with Crippen LogP contribution in [0.1, 0.15) is 42.5 Å². The molecule has 2 aliphatic carbocycles. The molecule has 1 heterocycles. The number of carbonyl (C=O) groups is 1. The average Bonchev–Trinajstić information content (AvgIpc) is 3.14. The molecular weight excluding hydrogens is 264 g/mol. The Balaban J connectivity index is 1.81. The van der Waals surface area contributed by atoms with Crippen molar-refractivity contribution in [1.82, 2.24) is 4.98 Å². The zero-order valence-electron chi connectivity index (χ0n) is 10.6. The predicted molar refractivity (Wildman–Crippen MR) is 73.6 cm³/mol. The molecule has 2 saturated carbocycles. The molecule has 0 spiro atoms. The van der Waals surface area contributed by atoms with Gasteiger partial charge < -0.3 is 10.4 Å². The van der Waals surface area contributed by atoms with Crippen molar-refractivity contribution in [3.63, 3.8) is 0 Å². The van der Waals surface area contributed by atoms with Crippen LogP contribution in [0.15, 0.2) is 12.3 Å². The molecule has 0 aromatic carbocycles. The minimum Gasteiger partial charge on any atom is -0.393 e. The Bertz CT molecular complexity index is 502. The summed E-state index contributed by atoms with van der Waals surface area (Å²) in [6.07, 6.45) is 5.72. The summed E-state index contributed by atoms with van der Waals surface area (Å²) in [5, 5.41) is 13.3. The Morgan fingerprint density at radius 1 is 1.37 bits per heavy atom. The summed E-state index contributed by atoms with van der Waals surface area (Å²) in [6, 6.07) is 1.92. The van der Waals surface area contributed by atoms with Crippen molar-refractivity contribution >= 4 is 23.1 Å². The highest BCUT2D eigenvalue weighted by molar-refractivity contribution is 6.29. The van der Waals surface area contributed by atoms with Crippen molar-refractivity contribution in [3.05, 3.63) is 23.0 Å². The normalized spacial score (nSPS) is 26.4. The molecule has 3 rings (SSSR count). The second-order valence-corrected chi connectivity index (χ2v) is 5.89. The number of hydrogen-bond donors (Lipinski definition) is 2. The van der Waals surface area contributed by atoms with E-state index in [9.17, 15) is 9.90 Å². The first kappa shape index (κ1) is 12.9. The fraction of sp³-hybridized carbons (Fsp3) is 0.571. The summed E-state index contributed by atoms with van der Waals surface area (Å²) in [5.74, 6) is 0.322. The average molecular weight is 281 g/mol. The Kier molecular flexibility index (Phi) is 3.46. The van der Waals surface area contributed by atoms with Crippen LogP contribution in [-0.4, -0.2) is 28.0 Å². The molecule has 2 aliphatic rings. The molecule has 0 saturated heterocycles. The molecular formula is C14H17ClN2O2. The lowest BCUT2D eigenvalue weighted by Gasteiger charge is -2.16. The summed E-state index contributed by atoms with van der Waals surface area (Å²) >= 11 is 5.92. The lowest BCUT2D eigenvalue weighted by Crippen LogP contribution is -2.19. The molecule has 1 aromatic rings. The third-order valence-electron chi connectivity index (χ3n) is 3.85. The third-order valence-corrected chi connectivity index (χ3v) is 4.06. The number of aliphatic hydroxyl groups is 1. The first-order chi connectivity index (χ1) is 9.13. The van der Waals surface area contributed by atoms with Crippen LogP contribution in [0.4, 0.5) is 5.69 Å². The molecule has 0 unspecified atom stereocenters. The Hall–Kier alpha value is -1.13. The van der Waals surface area contributed by atoms with Gasteiger partial charge in [0.1, 0.15) is 5.15 Å². The zero-order valence-corrected chi connectivity index (χ0v) is 11.4. The number of Topliss-reactive ketones (excluding diaryl/α,β-unsaturated/α-hetero) is 1. The van der Waals surface area contributed by atoms with Crippen molar-refractivity contribution in [2.45, 2.75) is 44.2 Å². The number of carbonyl (C=O) groups excluding carboxylic acids is 1. The van der Waals surface area contributed by atoms with Crippen LogP contribution in [0, 0.1) is 5.92 Å². The zero-order chi connectivity index (χ0) is 13.4. The summed E-state index contributed by atoms with van der Waals surface area (Å²) in [6.45, 7) is 0. The Morgan fingerprint density at radius 2 is 2.16 bits per heavy atom. The van der Waals surface area contributed by atoms with E-state index in [4.69, 9.17) is 11.6 Å². The van der Waals surface area contributed by atoms with Crippen LogP contribution in [0.25, 0.3) is 0 Å². The topological polar surface area (TPSA) is 62.2 Å². The van der Waals surface area contributed by atoms with Crippen molar-refractivity contribution < 1.29 is 9.90 Å². The number of anilines is 1. The van der Waals surface area contributed by atoms with Crippen molar-refractivity contribution in [2.75, 3.05) is 5.32 Å². The van der Waals surface area contributed by atoms with Crippen LogP contribution in [0.5, 0.6) is 0 Å². The minimum absolute atomic E-state index is 0.158. The van der Waals surface area contributed by atoms with E-state index in [1.54, 1.807) is 12.3 Å². The summed E-state index contributed by atoms with van der Waals surface area (Å²) in [5.41, 5.74) is 1.39. The van der Waals surface area contributed by atoms with Gasteiger partial charge in [-0.3, -0.25) is 4.79 Å². The van der Waals surface area contributed by atoms with Crippen LogP contribution < -0.4 is 5.32 Å². The van der Waals surface area contributed by atoms with Gasteiger partial charge >= 0.3 is 0 Å². The number of pyridine rings is 1. The maximum atomic E-state index is 12.2. The SMILES string of the molecule is O=C(c1cnc(Cl)cc1N[C@H]1CC[C@H](O)C1)C1CC1. The summed E-state index contributed by atoms with van der Waals surface area (Å²) in [4.78, 5) is 16.2. The van der Waals surface area contributed by atoms with E-state index < -0.39 is 0 Å². The molecule has 19 heavy (non-hydrogen) atoms. The van der Waals surface area contributed by atoms with E-state index in [1.165, 1.54) is 0 Å². The fourth-order valence-corrected chi connectivity index (χ4v) is 2.78. The highest BCUT2D eigenvalue weighted by atomic mass is 35.5. The largest absolute Gasteiger partial charge is 0.393 e. The minimum atomic E-state index is -0.239. The Labute approximate surface area is 117 Å². The third kappa shape index (κ3) is 2.90. The van der Waals surface area contributed by atoms with Crippen LogP contribution >= 0.6 is 11.6 Å². The predicted octanol–water partition coefficient (Wildman–Crippen LogP) is 2.65. The molecule has 2 N–H and O–H groups in total. The van der Waals surface area contributed by atoms with E-state index >= 15 is 0 Å². The van der Waals surface area contributed by atoms with Gasteiger partial charge in [0.05, 0.1) is 11.7 Å². The standard InChI is InChI=1S/C14H17ClN2O2/c15-13-6-12(17-9-3-4-10(18)5-9)11(7-16-13)14(19)8-1-2-8/h6-10,18H,1-5H2,(H,16,17)/t9-,10-/m0/s1. The molecule has 0 bridgehead atoms. The van der Waals surface area contributed by atoms with Crippen molar-refractivity contribution in [3.8, 4) is 0 Å². The highest BCUT2D eigenvalue weighted by Gasteiger charge is 2.32. The molecule has 2 fully saturated rings. The molecule has 2 atom stereocenters. The first-order valence-corrected chi connectivity index (χ1v) is 7.15. The smallest absolute Gasteiger partial charge is 0.169 e. The van der Waals surface area contributed by atoms with Gasteiger partial charge in [-0.1, -0.05) is 11.6 Å². The van der Waals surface area contributed by atoms with E-state index in [-0.39, 0.29) is 23.8 Å². The van der Waals surface area contributed by atoms with E-state index in [1.807, 2.05) is 0 Å². The molecule has 0 aliphatic heterocycles. The second-order valence-electron chi connectivity index (χ2n) is 5.50. The molecule has 1 aromatic heterocycles.